The van der Waals surface area contributed by atoms with Crippen molar-refractivity contribution in [2.45, 2.75) is 64.8 Å². The molecule has 0 aliphatic carbocycles. The molecule has 5 nitrogen and oxygen atoms in total. The lowest BCUT2D eigenvalue weighted by molar-refractivity contribution is -0.116. The first-order chi connectivity index (χ1) is 12.2. The Morgan fingerprint density at radius 2 is 2.12 bits per heavy atom. The quantitative estimate of drug-likeness (QED) is 0.794. The first-order valence-electron chi connectivity index (χ1n) is 9.21. The van der Waals surface area contributed by atoms with Crippen LogP contribution in [0, 0.1) is 5.82 Å². The van der Waals surface area contributed by atoms with E-state index < -0.39 is 5.82 Å². The van der Waals surface area contributed by atoms with Gasteiger partial charge in [-0.3, -0.25) is 4.79 Å². The van der Waals surface area contributed by atoms with E-state index in [-0.39, 0.29) is 11.6 Å². The summed E-state index contributed by atoms with van der Waals surface area (Å²) in [4.78, 5) is 12.0. The zero-order valence-electron chi connectivity index (χ0n) is 14.7. The third-order valence-corrected chi connectivity index (χ3v) is 4.62. The number of rotatable bonds is 6. The maximum absolute atomic E-state index is 14.1. The monoisotopic (exact) mass is 344 g/mol. The van der Waals surface area contributed by atoms with Crippen LogP contribution in [0.5, 0.6) is 0 Å². The minimum Gasteiger partial charge on any atom is -0.324 e. The van der Waals surface area contributed by atoms with E-state index in [9.17, 15) is 9.18 Å². The molecule has 134 valence electrons. The smallest absolute Gasteiger partial charge is 0.224 e. The van der Waals surface area contributed by atoms with Gasteiger partial charge < -0.3 is 9.88 Å². The number of halogens is 1. The van der Waals surface area contributed by atoms with Crippen molar-refractivity contribution in [1.29, 1.82) is 0 Å². The molecule has 3 rings (SSSR count). The van der Waals surface area contributed by atoms with Gasteiger partial charge in [-0.1, -0.05) is 26.2 Å². The minimum atomic E-state index is -0.428. The van der Waals surface area contributed by atoms with Gasteiger partial charge in [-0.25, -0.2) is 4.39 Å². The molecule has 0 unspecified atom stereocenters. The Morgan fingerprint density at radius 1 is 1.24 bits per heavy atom. The Hall–Kier alpha value is -2.24. The molecule has 1 aromatic heterocycles. The van der Waals surface area contributed by atoms with Gasteiger partial charge in [0.2, 0.25) is 5.91 Å². The molecule has 1 N–H and O–H groups in total. The lowest BCUT2D eigenvalue weighted by atomic mass is 10.1. The SMILES string of the molecule is CCCCCC(=O)Nc1cc(-c2nnc3n2CCCCC3)ccc1F. The van der Waals surface area contributed by atoms with E-state index in [0.29, 0.717) is 6.42 Å². The summed E-state index contributed by atoms with van der Waals surface area (Å²) < 4.78 is 16.2. The number of amides is 1. The third kappa shape index (κ3) is 4.24. The van der Waals surface area contributed by atoms with Gasteiger partial charge in [-0.05, 0) is 37.5 Å². The predicted molar refractivity (Wildman–Crippen MR) is 95.7 cm³/mol. The number of fused-ring (bicyclic) bond motifs is 1. The van der Waals surface area contributed by atoms with Crippen LogP contribution in [0.2, 0.25) is 0 Å². The van der Waals surface area contributed by atoms with Gasteiger partial charge in [0.25, 0.3) is 0 Å². The summed E-state index contributed by atoms with van der Waals surface area (Å²) in [5, 5.41) is 11.3. The zero-order valence-corrected chi connectivity index (χ0v) is 14.7. The summed E-state index contributed by atoms with van der Waals surface area (Å²) in [5.41, 5.74) is 0.996. The van der Waals surface area contributed by atoms with Crippen molar-refractivity contribution in [2.75, 3.05) is 5.32 Å². The van der Waals surface area contributed by atoms with Crippen LogP contribution < -0.4 is 5.32 Å². The first kappa shape index (κ1) is 17.6. The van der Waals surface area contributed by atoms with Crippen molar-refractivity contribution >= 4 is 11.6 Å². The van der Waals surface area contributed by atoms with Crippen LogP contribution in [0.15, 0.2) is 18.2 Å². The van der Waals surface area contributed by atoms with Gasteiger partial charge in [0.1, 0.15) is 11.6 Å². The van der Waals surface area contributed by atoms with Crippen molar-refractivity contribution < 1.29 is 9.18 Å². The summed E-state index contributed by atoms with van der Waals surface area (Å²) in [6.45, 7) is 2.97. The lowest BCUT2D eigenvalue weighted by Gasteiger charge is -2.10. The second kappa shape index (κ2) is 8.23. The molecule has 1 amide bonds. The molecule has 1 aliphatic heterocycles. The van der Waals surface area contributed by atoms with Crippen LogP contribution in [-0.2, 0) is 17.8 Å². The summed E-state index contributed by atoms with van der Waals surface area (Å²) >= 11 is 0. The number of carbonyl (C=O) groups excluding carboxylic acids is 1. The molecule has 2 heterocycles. The van der Waals surface area contributed by atoms with Gasteiger partial charge in [0.15, 0.2) is 5.82 Å². The van der Waals surface area contributed by atoms with Crippen molar-refractivity contribution in [2.24, 2.45) is 0 Å². The molecule has 1 aromatic carbocycles. The molecule has 0 fully saturated rings. The molecule has 6 heteroatoms. The molecule has 0 saturated carbocycles. The van der Waals surface area contributed by atoms with E-state index in [0.717, 1.165) is 62.3 Å². The zero-order chi connectivity index (χ0) is 17.6. The highest BCUT2D eigenvalue weighted by molar-refractivity contribution is 5.91. The van der Waals surface area contributed by atoms with Crippen molar-refractivity contribution in [3.05, 3.63) is 29.8 Å². The fourth-order valence-corrected chi connectivity index (χ4v) is 3.21. The summed E-state index contributed by atoms with van der Waals surface area (Å²) in [7, 11) is 0. The highest BCUT2D eigenvalue weighted by atomic mass is 19.1. The van der Waals surface area contributed by atoms with Crippen LogP contribution in [-0.4, -0.2) is 20.7 Å². The number of nitrogens with zero attached hydrogens (tertiary/aromatic N) is 3. The number of aromatic nitrogens is 3. The Bertz CT molecular complexity index is 741. The highest BCUT2D eigenvalue weighted by Crippen LogP contribution is 2.26. The summed E-state index contributed by atoms with van der Waals surface area (Å²) in [6, 6.07) is 4.74. The largest absolute Gasteiger partial charge is 0.324 e. The molecule has 25 heavy (non-hydrogen) atoms. The van der Waals surface area contributed by atoms with Gasteiger partial charge in [0, 0.05) is 24.9 Å². The van der Waals surface area contributed by atoms with Gasteiger partial charge >= 0.3 is 0 Å². The van der Waals surface area contributed by atoms with E-state index >= 15 is 0 Å². The summed E-state index contributed by atoms with van der Waals surface area (Å²) in [6.07, 6.45) is 7.62. The highest BCUT2D eigenvalue weighted by Gasteiger charge is 2.17. The number of aryl methyl sites for hydroxylation is 1. The van der Waals surface area contributed by atoms with Crippen LogP contribution in [0.25, 0.3) is 11.4 Å². The average molecular weight is 344 g/mol. The molecule has 2 aromatic rings. The van der Waals surface area contributed by atoms with Crippen LogP contribution in [0.1, 0.15) is 57.7 Å². The van der Waals surface area contributed by atoms with E-state index in [1.54, 1.807) is 12.1 Å². The van der Waals surface area contributed by atoms with Crippen LogP contribution in [0.3, 0.4) is 0 Å². The normalized spacial score (nSPS) is 14.0. The standard InChI is InChI=1S/C19H25FN4O/c1-2-3-5-9-18(25)21-16-13-14(10-11-15(16)20)19-23-22-17-8-6-4-7-12-24(17)19/h10-11,13H,2-9,12H2,1H3,(H,21,25). The van der Waals surface area contributed by atoms with Gasteiger partial charge in [-0.15, -0.1) is 10.2 Å². The Morgan fingerprint density at radius 3 is 2.96 bits per heavy atom. The number of anilines is 1. The molecule has 0 bridgehead atoms. The number of hydrogen-bond donors (Lipinski definition) is 1. The number of carbonyl (C=O) groups is 1. The molecule has 0 atom stereocenters. The maximum Gasteiger partial charge on any atom is 0.224 e. The molecule has 0 spiro atoms. The van der Waals surface area contributed by atoms with Gasteiger partial charge in [0.05, 0.1) is 5.69 Å². The number of unbranched alkanes of at least 4 members (excludes halogenated alkanes) is 2. The molecule has 0 radical (unpaired) electrons. The molecule has 1 aliphatic rings. The molecule has 0 saturated heterocycles. The topological polar surface area (TPSA) is 59.8 Å². The second-order valence-corrected chi connectivity index (χ2v) is 6.60. The van der Waals surface area contributed by atoms with Crippen molar-refractivity contribution in [3.8, 4) is 11.4 Å². The van der Waals surface area contributed by atoms with Crippen molar-refractivity contribution in [3.63, 3.8) is 0 Å². The molecular formula is C19H25FN4O. The minimum absolute atomic E-state index is 0.149. The first-order valence-corrected chi connectivity index (χ1v) is 9.21. The Balaban J connectivity index is 1.80. The Labute approximate surface area is 147 Å². The second-order valence-electron chi connectivity index (χ2n) is 6.60. The van der Waals surface area contributed by atoms with Gasteiger partial charge in [-0.2, -0.15) is 0 Å². The lowest BCUT2D eigenvalue weighted by Crippen LogP contribution is -2.12. The number of hydrogen-bond acceptors (Lipinski definition) is 3. The van der Waals surface area contributed by atoms with Crippen molar-refractivity contribution in [1.82, 2.24) is 14.8 Å². The van der Waals surface area contributed by atoms with Crippen LogP contribution in [0.4, 0.5) is 10.1 Å². The number of nitrogens with one attached hydrogen (secondary N) is 1. The predicted octanol–water partition coefficient (Wildman–Crippen LogP) is 4.33. The molecular weight excluding hydrogens is 319 g/mol. The van der Waals surface area contributed by atoms with E-state index in [2.05, 4.69) is 27.0 Å². The fraction of sp³-hybridized carbons (Fsp3) is 0.526. The third-order valence-electron chi connectivity index (χ3n) is 4.62. The Kier molecular flexibility index (Phi) is 5.79. The maximum atomic E-state index is 14.1. The number of benzene rings is 1. The van der Waals surface area contributed by atoms with E-state index in [1.807, 2.05) is 0 Å². The van der Waals surface area contributed by atoms with E-state index in [1.165, 1.54) is 12.5 Å². The van der Waals surface area contributed by atoms with Crippen LogP contribution >= 0.6 is 0 Å². The van der Waals surface area contributed by atoms with E-state index in [4.69, 9.17) is 0 Å². The average Bonchev–Trinajstić information content (AvgIpc) is 2.85. The summed E-state index contributed by atoms with van der Waals surface area (Å²) in [5.74, 6) is 1.16. The fourth-order valence-electron chi connectivity index (χ4n) is 3.21.